The summed E-state index contributed by atoms with van der Waals surface area (Å²) in [6.45, 7) is 7.09. The number of Topliss-reactive ketones (excluding diaryl/α,β-unsaturated/α-hetero) is 1. The van der Waals surface area contributed by atoms with Gasteiger partial charge in [0.25, 0.3) is 10.0 Å². The first-order valence-electron chi connectivity index (χ1n) is 11.9. The molecule has 3 aromatic carbocycles. The molecule has 0 amide bonds. The molecule has 0 spiro atoms. The highest BCUT2D eigenvalue weighted by Gasteiger charge is 2.25. The van der Waals surface area contributed by atoms with E-state index in [0.29, 0.717) is 22.0 Å². The van der Waals surface area contributed by atoms with Crippen molar-refractivity contribution in [2.75, 3.05) is 4.72 Å². The lowest BCUT2D eigenvalue weighted by Crippen LogP contribution is -2.25. The van der Waals surface area contributed by atoms with Crippen LogP contribution in [0.2, 0.25) is 5.02 Å². The third-order valence-corrected chi connectivity index (χ3v) is 7.75. The summed E-state index contributed by atoms with van der Waals surface area (Å²) in [5, 5.41) is 0.607. The first-order chi connectivity index (χ1) is 18.0. The Morgan fingerprint density at radius 2 is 1.58 bits per heavy atom. The Kier molecular flexibility index (Phi) is 7.76. The molecule has 1 atom stereocenters. The van der Waals surface area contributed by atoms with Crippen molar-refractivity contribution in [1.29, 1.82) is 0 Å². The van der Waals surface area contributed by atoms with Crippen molar-refractivity contribution < 1.29 is 22.7 Å². The smallest absolute Gasteiger partial charge is 0.338 e. The first kappa shape index (κ1) is 27.2. The van der Waals surface area contributed by atoms with E-state index in [0.717, 1.165) is 16.9 Å². The number of carbonyl (C=O) groups excluding carboxylic acids is 2. The van der Waals surface area contributed by atoms with E-state index in [4.69, 9.17) is 16.3 Å². The molecule has 0 aliphatic rings. The van der Waals surface area contributed by atoms with E-state index in [-0.39, 0.29) is 16.2 Å². The van der Waals surface area contributed by atoms with E-state index < -0.39 is 22.1 Å². The number of sulfonamides is 1. The number of hydrogen-bond acceptors (Lipinski definition) is 5. The molecule has 0 aliphatic carbocycles. The highest BCUT2D eigenvalue weighted by Crippen LogP contribution is 2.24. The minimum Gasteiger partial charge on any atom is -0.451 e. The number of esters is 1. The molecule has 38 heavy (non-hydrogen) atoms. The van der Waals surface area contributed by atoms with E-state index in [2.05, 4.69) is 4.72 Å². The van der Waals surface area contributed by atoms with Gasteiger partial charge in [-0.1, -0.05) is 35.4 Å². The van der Waals surface area contributed by atoms with Crippen LogP contribution in [-0.2, 0) is 14.8 Å². The van der Waals surface area contributed by atoms with E-state index >= 15 is 0 Å². The van der Waals surface area contributed by atoms with Gasteiger partial charge in [-0.05, 0) is 88.4 Å². The van der Waals surface area contributed by atoms with Crippen molar-refractivity contribution >= 4 is 39.1 Å². The SMILES string of the molecule is Cc1ccc(NS(=O)(=O)c2cccc(C(=O)OC(C)C(=O)c3cc(C)n(-c4ccc(Cl)cc4)c3C)c2)cc1. The molecule has 0 bridgehead atoms. The maximum absolute atomic E-state index is 13.2. The van der Waals surface area contributed by atoms with Crippen LogP contribution in [0.15, 0.2) is 83.8 Å². The highest BCUT2D eigenvalue weighted by atomic mass is 35.5. The number of aromatic nitrogens is 1. The molecular formula is C29H27ClN2O5S. The highest BCUT2D eigenvalue weighted by molar-refractivity contribution is 7.92. The molecule has 0 aliphatic heterocycles. The maximum atomic E-state index is 13.2. The van der Waals surface area contributed by atoms with E-state index in [1.807, 2.05) is 37.5 Å². The van der Waals surface area contributed by atoms with Crippen LogP contribution in [0.5, 0.6) is 0 Å². The number of benzene rings is 3. The number of ether oxygens (including phenoxy) is 1. The van der Waals surface area contributed by atoms with Crippen LogP contribution < -0.4 is 4.72 Å². The van der Waals surface area contributed by atoms with E-state index in [9.17, 15) is 18.0 Å². The molecule has 4 aromatic rings. The zero-order valence-corrected chi connectivity index (χ0v) is 22.9. The number of anilines is 1. The van der Waals surface area contributed by atoms with Crippen molar-refractivity contribution in [3.05, 3.63) is 112 Å². The summed E-state index contributed by atoms with van der Waals surface area (Å²) < 4.78 is 35.6. The lowest BCUT2D eigenvalue weighted by molar-refractivity contribution is 0.0318. The number of hydrogen-bond donors (Lipinski definition) is 1. The number of halogens is 1. The van der Waals surface area contributed by atoms with Gasteiger partial charge in [-0.2, -0.15) is 0 Å². The van der Waals surface area contributed by atoms with Crippen molar-refractivity contribution in [2.24, 2.45) is 0 Å². The van der Waals surface area contributed by atoms with Gasteiger partial charge in [0.15, 0.2) is 6.10 Å². The van der Waals surface area contributed by atoms with Crippen molar-refractivity contribution in [3.63, 3.8) is 0 Å². The Hall–Kier alpha value is -3.88. The van der Waals surface area contributed by atoms with Gasteiger partial charge in [0.1, 0.15) is 0 Å². The van der Waals surface area contributed by atoms with Crippen molar-refractivity contribution in [3.8, 4) is 5.69 Å². The number of nitrogens with one attached hydrogen (secondary N) is 1. The van der Waals surface area contributed by atoms with Crippen LogP contribution >= 0.6 is 11.6 Å². The minimum absolute atomic E-state index is 0.0167. The second-order valence-electron chi connectivity index (χ2n) is 9.01. The Bertz CT molecular complexity index is 1610. The molecule has 0 radical (unpaired) electrons. The summed E-state index contributed by atoms with van der Waals surface area (Å²) in [6, 6.07) is 21.4. The molecule has 0 fully saturated rings. The molecule has 4 rings (SSSR count). The molecule has 9 heteroatoms. The third kappa shape index (κ3) is 5.82. The largest absolute Gasteiger partial charge is 0.451 e. The number of rotatable bonds is 8. The summed E-state index contributed by atoms with van der Waals surface area (Å²) in [4.78, 5) is 26.0. The number of carbonyl (C=O) groups is 2. The van der Waals surface area contributed by atoms with Crippen LogP contribution in [0, 0.1) is 20.8 Å². The van der Waals surface area contributed by atoms with Crippen LogP contribution in [0.3, 0.4) is 0 Å². The van der Waals surface area contributed by atoms with Gasteiger partial charge >= 0.3 is 5.97 Å². The maximum Gasteiger partial charge on any atom is 0.338 e. The molecule has 196 valence electrons. The fraction of sp³-hybridized carbons (Fsp3) is 0.172. The molecule has 1 unspecified atom stereocenters. The summed E-state index contributed by atoms with van der Waals surface area (Å²) in [5.74, 6) is -1.17. The van der Waals surface area contributed by atoms with Crippen LogP contribution in [0.4, 0.5) is 5.69 Å². The zero-order chi connectivity index (χ0) is 27.6. The van der Waals surface area contributed by atoms with Gasteiger partial charge < -0.3 is 9.30 Å². The van der Waals surface area contributed by atoms with Gasteiger partial charge in [0.2, 0.25) is 5.78 Å². The molecule has 7 nitrogen and oxygen atoms in total. The summed E-state index contributed by atoms with van der Waals surface area (Å²) in [6.07, 6.45) is -1.09. The molecule has 0 saturated carbocycles. The monoisotopic (exact) mass is 550 g/mol. The average molecular weight is 551 g/mol. The number of nitrogens with zero attached hydrogens (tertiary/aromatic N) is 1. The summed E-state index contributed by atoms with van der Waals surface area (Å²) >= 11 is 6.00. The van der Waals surface area contributed by atoms with Gasteiger partial charge in [-0.15, -0.1) is 0 Å². The van der Waals surface area contributed by atoms with Crippen molar-refractivity contribution in [1.82, 2.24) is 4.57 Å². The molecule has 0 saturated heterocycles. The first-order valence-corrected chi connectivity index (χ1v) is 13.7. The Labute approximate surface area is 227 Å². The van der Waals surface area contributed by atoms with Gasteiger partial charge in [0, 0.05) is 33.3 Å². The third-order valence-electron chi connectivity index (χ3n) is 6.12. The van der Waals surface area contributed by atoms with E-state index in [1.165, 1.54) is 31.2 Å². The second-order valence-corrected chi connectivity index (χ2v) is 11.1. The van der Waals surface area contributed by atoms with Gasteiger partial charge in [-0.25, -0.2) is 13.2 Å². The lowest BCUT2D eigenvalue weighted by Gasteiger charge is -2.14. The number of ketones is 1. The molecule has 1 N–H and O–H groups in total. The standard InChI is InChI=1S/C29H27ClN2O5S/c1-18-8-12-24(13-9-18)31-38(35,36)26-7-5-6-22(17-26)29(34)37-21(4)28(33)27-16-19(2)32(20(27)3)25-14-10-23(30)11-15-25/h5-17,21,31H,1-4H3. The molecule has 1 aromatic heterocycles. The topological polar surface area (TPSA) is 94.5 Å². The van der Waals surface area contributed by atoms with Crippen molar-refractivity contribution in [2.45, 2.75) is 38.7 Å². The van der Waals surface area contributed by atoms with Crippen LogP contribution in [0.1, 0.15) is 44.6 Å². The Balaban J connectivity index is 1.50. The van der Waals surface area contributed by atoms with Gasteiger partial charge in [0.05, 0.1) is 10.5 Å². The van der Waals surface area contributed by atoms with Crippen LogP contribution in [0.25, 0.3) is 5.69 Å². The molecule has 1 heterocycles. The van der Waals surface area contributed by atoms with E-state index in [1.54, 1.807) is 42.5 Å². The van der Waals surface area contributed by atoms with Gasteiger partial charge in [-0.3, -0.25) is 9.52 Å². The lowest BCUT2D eigenvalue weighted by atomic mass is 10.1. The minimum atomic E-state index is -3.94. The average Bonchev–Trinajstić information content (AvgIpc) is 3.19. The Morgan fingerprint density at radius 3 is 2.24 bits per heavy atom. The fourth-order valence-electron chi connectivity index (χ4n) is 4.13. The molecular weight excluding hydrogens is 524 g/mol. The Morgan fingerprint density at radius 1 is 0.921 bits per heavy atom. The quantitative estimate of drug-likeness (QED) is 0.206. The normalized spacial score (nSPS) is 12.1. The summed E-state index contributed by atoms with van der Waals surface area (Å²) in [7, 11) is -3.94. The summed E-state index contributed by atoms with van der Waals surface area (Å²) in [5.41, 5.74) is 4.23. The predicted molar refractivity (Wildman–Crippen MR) is 148 cm³/mol. The predicted octanol–water partition coefficient (Wildman–Crippen LogP) is 6.28. The fourth-order valence-corrected chi connectivity index (χ4v) is 5.36. The number of aryl methyl sites for hydroxylation is 2. The second kappa shape index (κ2) is 10.8. The zero-order valence-electron chi connectivity index (χ0n) is 21.4. The van der Waals surface area contributed by atoms with Crippen LogP contribution in [-0.4, -0.2) is 30.8 Å².